The summed E-state index contributed by atoms with van der Waals surface area (Å²) in [6.45, 7) is 5.95. The van der Waals surface area contributed by atoms with E-state index in [4.69, 9.17) is 0 Å². The third-order valence-corrected chi connectivity index (χ3v) is 4.25. The lowest BCUT2D eigenvalue weighted by Gasteiger charge is -2.20. The lowest BCUT2D eigenvalue weighted by Crippen LogP contribution is -2.46. The molecule has 0 unspecified atom stereocenters. The molecule has 0 bridgehead atoms. The van der Waals surface area contributed by atoms with Crippen LogP contribution >= 0.6 is 0 Å². The topological polar surface area (TPSA) is 70.2 Å². The minimum Gasteiger partial charge on any atom is -0.335 e. The lowest BCUT2D eigenvalue weighted by molar-refractivity contribution is -0.119. The van der Waals surface area contributed by atoms with Crippen LogP contribution in [0.3, 0.4) is 0 Å². The van der Waals surface area contributed by atoms with Crippen molar-refractivity contribution < 1.29 is 9.59 Å². The zero-order valence-electron chi connectivity index (χ0n) is 15.6. The highest BCUT2D eigenvalue weighted by Gasteiger charge is 2.16. The Morgan fingerprint density at radius 1 is 0.962 bits per heavy atom. The molecule has 5 nitrogen and oxygen atoms in total. The molecule has 3 N–H and O–H groups in total. The first-order valence-electron chi connectivity index (χ1n) is 8.94. The first-order valence-corrected chi connectivity index (χ1v) is 8.94. The van der Waals surface area contributed by atoms with Crippen molar-refractivity contribution in [3.05, 3.63) is 71.3 Å². The van der Waals surface area contributed by atoms with E-state index in [-0.39, 0.29) is 24.5 Å². The smallest absolute Gasteiger partial charge is 0.321 e. The van der Waals surface area contributed by atoms with Crippen LogP contribution in [0.1, 0.15) is 43.0 Å². The Bertz CT molecular complexity index is 714. The molecule has 0 saturated carbocycles. The van der Waals surface area contributed by atoms with Crippen LogP contribution in [-0.4, -0.2) is 24.5 Å². The van der Waals surface area contributed by atoms with Crippen LogP contribution in [-0.2, 0) is 4.79 Å². The summed E-state index contributed by atoms with van der Waals surface area (Å²) in [5.41, 5.74) is 3.31. The van der Waals surface area contributed by atoms with Crippen molar-refractivity contribution in [3.63, 3.8) is 0 Å². The van der Waals surface area contributed by atoms with Crippen molar-refractivity contribution in [1.29, 1.82) is 0 Å². The van der Waals surface area contributed by atoms with Gasteiger partial charge in [-0.05, 0) is 31.4 Å². The molecule has 0 aliphatic heterocycles. The molecule has 0 saturated heterocycles. The van der Waals surface area contributed by atoms with Crippen molar-refractivity contribution in [2.45, 2.75) is 39.3 Å². The molecule has 0 heterocycles. The summed E-state index contributed by atoms with van der Waals surface area (Å²) in [7, 11) is 0. The molecule has 2 rings (SSSR count). The average molecular weight is 353 g/mol. The van der Waals surface area contributed by atoms with Gasteiger partial charge in [0.05, 0.1) is 12.6 Å². The Balaban J connectivity index is 2.02. The van der Waals surface area contributed by atoms with E-state index in [1.165, 1.54) is 5.56 Å². The number of rotatable bonds is 7. The van der Waals surface area contributed by atoms with Crippen LogP contribution in [0, 0.1) is 6.92 Å². The molecule has 2 aromatic carbocycles. The molecule has 0 radical (unpaired) electrons. The number of hydrogen-bond donors (Lipinski definition) is 3. The van der Waals surface area contributed by atoms with Gasteiger partial charge in [0.25, 0.3) is 0 Å². The minimum absolute atomic E-state index is 0.0281. The standard InChI is InChI=1S/C21H27N3O2/c1-4-16(3)23-21(26)24-19(25)14-22-20(17-8-6-5-7-9-17)18-12-10-15(2)11-13-18/h5-13,16,20,22H,4,14H2,1-3H3,(H2,23,24,25,26)/t16-,20+/m0/s1. The molecule has 2 atom stereocenters. The predicted octanol–water partition coefficient (Wildman–Crippen LogP) is 3.30. The van der Waals surface area contributed by atoms with Gasteiger partial charge in [0.2, 0.25) is 5.91 Å². The van der Waals surface area contributed by atoms with E-state index >= 15 is 0 Å². The average Bonchev–Trinajstić information content (AvgIpc) is 2.64. The van der Waals surface area contributed by atoms with Crippen LogP contribution < -0.4 is 16.0 Å². The summed E-state index contributed by atoms with van der Waals surface area (Å²) in [6, 6.07) is 17.6. The summed E-state index contributed by atoms with van der Waals surface area (Å²) in [4.78, 5) is 23.9. The van der Waals surface area contributed by atoms with Gasteiger partial charge < -0.3 is 5.32 Å². The van der Waals surface area contributed by atoms with E-state index in [1.54, 1.807) is 0 Å². The Morgan fingerprint density at radius 3 is 2.19 bits per heavy atom. The summed E-state index contributed by atoms with van der Waals surface area (Å²) in [5, 5.41) is 8.33. The fourth-order valence-corrected chi connectivity index (χ4v) is 2.56. The summed E-state index contributed by atoms with van der Waals surface area (Å²) in [5.74, 6) is -0.362. The van der Waals surface area contributed by atoms with Gasteiger partial charge in [-0.1, -0.05) is 67.1 Å². The largest absolute Gasteiger partial charge is 0.335 e. The van der Waals surface area contributed by atoms with Crippen LogP contribution in [0.5, 0.6) is 0 Å². The minimum atomic E-state index is -0.460. The highest BCUT2D eigenvalue weighted by molar-refractivity contribution is 5.95. The van der Waals surface area contributed by atoms with Crippen LogP contribution in [0.15, 0.2) is 54.6 Å². The van der Waals surface area contributed by atoms with Crippen molar-refractivity contribution in [2.24, 2.45) is 0 Å². The first-order chi connectivity index (χ1) is 12.5. The Morgan fingerprint density at radius 2 is 1.58 bits per heavy atom. The first kappa shape index (κ1) is 19.7. The maximum Gasteiger partial charge on any atom is 0.321 e. The van der Waals surface area contributed by atoms with Crippen LogP contribution in [0.2, 0.25) is 0 Å². The number of carbonyl (C=O) groups is 2. The van der Waals surface area contributed by atoms with Gasteiger partial charge in [0.1, 0.15) is 0 Å². The lowest BCUT2D eigenvalue weighted by atomic mass is 9.98. The Labute approximate surface area is 155 Å². The molecular weight excluding hydrogens is 326 g/mol. The molecule has 0 aliphatic carbocycles. The number of amides is 3. The van der Waals surface area contributed by atoms with Crippen molar-refractivity contribution >= 4 is 11.9 Å². The Kier molecular flexibility index (Phi) is 7.36. The fourth-order valence-electron chi connectivity index (χ4n) is 2.56. The monoisotopic (exact) mass is 353 g/mol. The number of carbonyl (C=O) groups excluding carboxylic acids is 2. The normalized spacial score (nSPS) is 12.9. The van der Waals surface area contributed by atoms with Crippen molar-refractivity contribution in [2.75, 3.05) is 6.54 Å². The zero-order valence-corrected chi connectivity index (χ0v) is 15.6. The van der Waals surface area contributed by atoms with E-state index in [0.29, 0.717) is 0 Å². The summed E-state index contributed by atoms with van der Waals surface area (Å²) < 4.78 is 0. The molecule has 0 aromatic heterocycles. The third kappa shape index (κ3) is 6.01. The SMILES string of the molecule is CC[C@H](C)NC(=O)NC(=O)CN[C@H](c1ccccc1)c1ccc(C)cc1. The van der Waals surface area contributed by atoms with Crippen molar-refractivity contribution in [1.82, 2.24) is 16.0 Å². The highest BCUT2D eigenvalue weighted by atomic mass is 16.2. The van der Waals surface area contributed by atoms with Gasteiger partial charge in [-0.2, -0.15) is 0 Å². The van der Waals surface area contributed by atoms with Crippen LogP contribution in [0.25, 0.3) is 0 Å². The number of urea groups is 1. The number of imide groups is 1. The molecule has 2 aromatic rings. The van der Waals surface area contributed by atoms with Gasteiger partial charge in [0, 0.05) is 6.04 Å². The van der Waals surface area contributed by atoms with Gasteiger partial charge >= 0.3 is 6.03 Å². The molecule has 5 heteroatoms. The van der Waals surface area contributed by atoms with Gasteiger partial charge in [-0.15, -0.1) is 0 Å². The summed E-state index contributed by atoms with van der Waals surface area (Å²) in [6.07, 6.45) is 0.809. The van der Waals surface area contributed by atoms with Gasteiger partial charge in [0.15, 0.2) is 0 Å². The third-order valence-electron chi connectivity index (χ3n) is 4.25. The number of benzene rings is 2. The van der Waals surface area contributed by atoms with E-state index < -0.39 is 6.03 Å². The van der Waals surface area contributed by atoms with E-state index in [1.807, 2.05) is 75.4 Å². The van der Waals surface area contributed by atoms with Gasteiger partial charge in [-0.25, -0.2) is 4.79 Å². The molecule has 138 valence electrons. The quantitative estimate of drug-likeness (QED) is 0.715. The highest BCUT2D eigenvalue weighted by Crippen LogP contribution is 2.22. The van der Waals surface area contributed by atoms with E-state index in [9.17, 15) is 9.59 Å². The molecule has 0 fully saturated rings. The van der Waals surface area contributed by atoms with Crippen LogP contribution in [0.4, 0.5) is 4.79 Å². The Hall–Kier alpha value is -2.66. The summed E-state index contributed by atoms with van der Waals surface area (Å²) >= 11 is 0. The van der Waals surface area contributed by atoms with E-state index in [0.717, 1.165) is 17.5 Å². The second-order valence-electron chi connectivity index (χ2n) is 6.47. The predicted molar refractivity (Wildman–Crippen MR) is 104 cm³/mol. The number of hydrogen-bond acceptors (Lipinski definition) is 3. The molecular formula is C21H27N3O2. The maximum absolute atomic E-state index is 12.1. The fraction of sp³-hybridized carbons (Fsp3) is 0.333. The second-order valence-corrected chi connectivity index (χ2v) is 6.47. The molecule has 26 heavy (non-hydrogen) atoms. The van der Waals surface area contributed by atoms with Gasteiger partial charge in [-0.3, -0.25) is 15.4 Å². The van der Waals surface area contributed by atoms with E-state index in [2.05, 4.69) is 16.0 Å². The second kappa shape index (κ2) is 9.73. The maximum atomic E-state index is 12.1. The number of nitrogens with one attached hydrogen (secondary N) is 3. The zero-order chi connectivity index (χ0) is 18.9. The number of aryl methyl sites for hydroxylation is 1. The molecule has 0 spiro atoms. The molecule has 0 aliphatic rings. The molecule has 3 amide bonds. The van der Waals surface area contributed by atoms with Crippen molar-refractivity contribution in [3.8, 4) is 0 Å².